The first-order valence-corrected chi connectivity index (χ1v) is 6.63. The molecule has 2 heteroatoms. The molecule has 92 valence electrons. The highest BCUT2D eigenvalue weighted by molar-refractivity contribution is 5.69. The Kier molecular flexibility index (Phi) is 6.95. The van der Waals surface area contributed by atoms with Gasteiger partial charge in [-0.2, -0.15) is 0 Å². The molecule has 0 amide bonds. The van der Waals surface area contributed by atoms with Gasteiger partial charge in [0.25, 0.3) is 0 Å². The third-order valence-electron chi connectivity index (χ3n) is 2.98. The number of rotatable bonds is 0. The molecule has 1 unspecified atom stereocenters. The van der Waals surface area contributed by atoms with Crippen molar-refractivity contribution >= 4 is 5.97 Å². The molecule has 0 aromatic rings. The summed E-state index contributed by atoms with van der Waals surface area (Å²) < 4.78 is 5.33. The van der Waals surface area contributed by atoms with Gasteiger partial charge >= 0.3 is 5.97 Å². The predicted molar refractivity (Wildman–Crippen MR) is 66.2 cm³/mol. The average Bonchev–Trinajstić information content (AvgIpc) is 2.25. The van der Waals surface area contributed by atoms with Gasteiger partial charge < -0.3 is 4.74 Å². The largest absolute Gasteiger partial charge is 0.463 e. The SMILES string of the molecule is CC1CCCC=CCCCCCCC(=O)O1. The first kappa shape index (κ1) is 13.3. The first-order chi connectivity index (χ1) is 7.79. The van der Waals surface area contributed by atoms with Crippen molar-refractivity contribution < 1.29 is 9.53 Å². The van der Waals surface area contributed by atoms with Crippen LogP contribution in [0.15, 0.2) is 12.2 Å². The van der Waals surface area contributed by atoms with Crippen molar-refractivity contribution in [2.45, 2.75) is 70.8 Å². The number of ether oxygens (including phenoxy) is 1. The van der Waals surface area contributed by atoms with Crippen molar-refractivity contribution in [1.82, 2.24) is 0 Å². The lowest BCUT2D eigenvalue weighted by Crippen LogP contribution is -2.14. The Bertz CT molecular complexity index is 221. The molecular weight excluding hydrogens is 200 g/mol. The molecule has 0 N–H and O–H groups in total. The Hall–Kier alpha value is -0.790. The summed E-state index contributed by atoms with van der Waals surface area (Å²) in [7, 11) is 0. The minimum atomic E-state index is -0.0138. The second-order valence-corrected chi connectivity index (χ2v) is 4.66. The summed E-state index contributed by atoms with van der Waals surface area (Å²) >= 11 is 0. The molecule has 16 heavy (non-hydrogen) atoms. The number of hydrogen-bond donors (Lipinski definition) is 0. The van der Waals surface area contributed by atoms with Crippen LogP contribution >= 0.6 is 0 Å². The first-order valence-electron chi connectivity index (χ1n) is 6.63. The van der Waals surface area contributed by atoms with Gasteiger partial charge in [-0.3, -0.25) is 4.79 Å². The highest BCUT2D eigenvalue weighted by Crippen LogP contribution is 2.11. The maximum Gasteiger partial charge on any atom is 0.306 e. The number of hydrogen-bond acceptors (Lipinski definition) is 2. The minimum Gasteiger partial charge on any atom is -0.463 e. The maximum atomic E-state index is 11.4. The zero-order valence-electron chi connectivity index (χ0n) is 10.4. The van der Waals surface area contributed by atoms with Crippen molar-refractivity contribution in [3.8, 4) is 0 Å². The quantitative estimate of drug-likeness (QED) is 0.459. The van der Waals surface area contributed by atoms with E-state index in [1.165, 1.54) is 19.3 Å². The van der Waals surface area contributed by atoms with Crippen LogP contribution < -0.4 is 0 Å². The Morgan fingerprint density at radius 3 is 2.56 bits per heavy atom. The number of carbonyl (C=O) groups is 1. The van der Waals surface area contributed by atoms with Crippen LogP contribution in [0, 0.1) is 0 Å². The standard InChI is InChI=1S/C14H24O2/c1-13-11-9-7-5-3-2-4-6-8-10-12-14(15)16-13/h3,5,13H,2,4,6-12H2,1H3. The van der Waals surface area contributed by atoms with E-state index in [0.717, 1.165) is 32.1 Å². The van der Waals surface area contributed by atoms with Crippen LogP contribution in [0.5, 0.6) is 0 Å². The van der Waals surface area contributed by atoms with Gasteiger partial charge in [0.2, 0.25) is 0 Å². The molecular formula is C14H24O2. The van der Waals surface area contributed by atoms with E-state index in [2.05, 4.69) is 12.2 Å². The molecule has 2 nitrogen and oxygen atoms in total. The predicted octanol–water partition coefficient (Wildman–Crippen LogP) is 4.00. The maximum absolute atomic E-state index is 11.4. The van der Waals surface area contributed by atoms with Crippen LogP contribution in [0.25, 0.3) is 0 Å². The molecule has 1 heterocycles. The van der Waals surface area contributed by atoms with E-state index in [0.29, 0.717) is 6.42 Å². The summed E-state index contributed by atoms with van der Waals surface area (Å²) in [5, 5.41) is 0. The van der Waals surface area contributed by atoms with Gasteiger partial charge in [-0.05, 0) is 45.4 Å². The summed E-state index contributed by atoms with van der Waals surface area (Å²) in [4.78, 5) is 11.4. The Morgan fingerprint density at radius 2 is 1.75 bits per heavy atom. The molecule has 0 aromatic carbocycles. The molecule has 1 atom stereocenters. The van der Waals surface area contributed by atoms with E-state index in [1.807, 2.05) is 6.92 Å². The summed E-state index contributed by atoms with van der Waals surface area (Å²) in [5.41, 5.74) is 0. The van der Waals surface area contributed by atoms with E-state index < -0.39 is 0 Å². The third kappa shape index (κ3) is 6.65. The van der Waals surface area contributed by atoms with E-state index in [-0.39, 0.29) is 12.1 Å². The Labute approximate surface area is 99.1 Å². The second kappa shape index (κ2) is 8.37. The highest BCUT2D eigenvalue weighted by atomic mass is 16.5. The molecule has 0 saturated heterocycles. The zero-order chi connectivity index (χ0) is 11.6. The Morgan fingerprint density at radius 1 is 1.06 bits per heavy atom. The smallest absolute Gasteiger partial charge is 0.306 e. The lowest BCUT2D eigenvalue weighted by Gasteiger charge is -2.12. The van der Waals surface area contributed by atoms with Crippen LogP contribution in [0.2, 0.25) is 0 Å². The summed E-state index contributed by atoms with van der Waals surface area (Å²) in [6.07, 6.45) is 14.3. The minimum absolute atomic E-state index is 0.0138. The van der Waals surface area contributed by atoms with Crippen molar-refractivity contribution in [3.05, 3.63) is 12.2 Å². The number of allylic oxidation sites excluding steroid dienone is 2. The van der Waals surface area contributed by atoms with Crippen molar-refractivity contribution in [3.63, 3.8) is 0 Å². The molecule has 0 bridgehead atoms. The monoisotopic (exact) mass is 224 g/mol. The van der Waals surface area contributed by atoms with Crippen LogP contribution in [-0.2, 0) is 9.53 Å². The van der Waals surface area contributed by atoms with Crippen LogP contribution in [0.1, 0.15) is 64.7 Å². The highest BCUT2D eigenvalue weighted by Gasteiger charge is 2.08. The number of esters is 1. The normalized spacial score (nSPS) is 25.8. The molecule has 0 saturated carbocycles. The lowest BCUT2D eigenvalue weighted by molar-refractivity contribution is -0.148. The van der Waals surface area contributed by atoms with Gasteiger partial charge in [0, 0.05) is 6.42 Å². The van der Waals surface area contributed by atoms with E-state index in [9.17, 15) is 4.79 Å². The third-order valence-corrected chi connectivity index (χ3v) is 2.98. The van der Waals surface area contributed by atoms with Crippen molar-refractivity contribution in [2.75, 3.05) is 0 Å². The Balaban J connectivity index is 2.31. The van der Waals surface area contributed by atoms with Gasteiger partial charge in [0.1, 0.15) is 0 Å². The topological polar surface area (TPSA) is 26.3 Å². The summed E-state index contributed by atoms with van der Waals surface area (Å²) in [6, 6.07) is 0. The van der Waals surface area contributed by atoms with Crippen LogP contribution in [0.4, 0.5) is 0 Å². The van der Waals surface area contributed by atoms with E-state index in [4.69, 9.17) is 4.74 Å². The molecule has 1 rings (SSSR count). The fraction of sp³-hybridized carbons (Fsp3) is 0.786. The van der Waals surface area contributed by atoms with Crippen molar-refractivity contribution in [2.24, 2.45) is 0 Å². The molecule has 0 spiro atoms. The van der Waals surface area contributed by atoms with E-state index in [1.54, 1.807) is 0 Å². The molecule has 0 aromatic heterocycles. The van der Waals surface area contributed by atoms with Crippen molar-refractivity contribution in [1.29, 1.82) is 0 Å². The second-order valence-electron chi connectivity index (χ2n) is 4.66. The molecule has 1 aliphatic heterocycles. The van der Waals surface area contributed by atoms with Gasteiger partial charge in [-0.1, -0.05) is 25.0 Å². The van der Waals surface area contributed by atoms with Gasteiger partial charge in [0.15, 0.2) is 0 Å². The van der Waals surface area contributed by atoms with Gasteiger partial charge in [-0.15, -0.1) is 0 Å². The van der Waals surface area contributed by atoms with Crippen LogP contribution in [0.3, 0.4) is 0 Å². The van der Waals surface area contributed by atoms with Gasteiger partial charge in [0.05, 0.1) is 6.10 Å². The fourth-order valence-corrected chi connectivity index (χ4v) is 1.99. The molecule has 0 aliphatic carbocycles. The average molecular weight is 224 g/mol. The van der Waals surface area contributed by atoms with Gasteiger partial charge in [-0.25, -0.2) is 0 Å². The summed E-state index contributed by atoms with van der Waals surface area (Å²) in [6.45, 7) is 1.99. The molecule has 1 aliphatic rings. The zero-order valence-corrected chi connectivity index (χ0v) is 10.4. The molecule has 0 fully saturated rings. The lowest BCUT2D eigenvalue weighted by atomic mass is 10.1. The summed E-state index contributed by atoms with van der Waals surface area (Å²) in [5.74, 6) is -0.0138. The molecule has 0 radical (unpaired) electrons. The fourth-order valence-electron chi connectivity index (χ4n) is 1.99. The van der Waals surface area contributed by atoms with Crippen LogP contribution in [-0.4, -0.2) is 12.1 Å². The number of carbonyl (C=O) groups excluding carboxylic acids is 1. The van der Waals surface area contributed by atoms with E-state index >= 15 is 0 Å². The number of cyclic esters (lactones) is 1.